The quantitative estimate of drug-likeness (QED) is 0.881. The Labute approximate surface area is 111 Å². The summed E-state index contributed by atoms with van der Waals surface area (Å²) in [5.74, 6) is -1.56. The summed E-state index contributed by atoms with van der Waals surface area (Å²) in [6.45, 7) is 3.31. The number of rotatable bonds is 4. The van der Waals surface area contributed by atoms with Gasteiger partial charge in [-0.1, -0.05) is 12.8 Å². The third-order valence-electron chi connectivity index (χ3n) is 3.46. The lowest BCUT2D eigenvalue weighted by Crippen LogP contribution is -2.43. The van der Waals surface area contributed by atoms with E-state index < -0.39 is 21.5 Å². The van der Waals surface area contributed by atoms with E-state index in [4.69, 9.17) is 9.52 Å². The van der Waals surface area contributed by atoms with Gasteiger partial charge < -0.3 is 9.52 Å². The molecule has 0 unspecified atom stereocenters. The van der Waals surface area contributed by atoms with E-state index in [0.717, 1.165) is 31.7 Å². The highest BCUT2D eigenvalue weighted by molar-refractivity contribution is 7.89. The van der Waals surface area contributed by atoms with Crippen molar-refractivity contribution in [2.45, 2.75) is 50.0 Å². The van der Waals surface area contributed by atoms with Crippen molar-refractivity contribution in [1.29, 1.82) is 0 Å². The lowest BCUT2D eigenvalue weighted by Gasteiger charge is -2.24. The molecule has 2 rings (SSSR count). The fraction of sp³-hybridized carbons (Fsp3) is 0.583. The molecule has 0 saturated heterocycles. The third kappa shape index (κ3) is 2.82. The molecule has 1 aromatic heterocycles. The van der Waals surface area contributed by atoms with Crippen molar-refractivity contribution in [3.05, 3.63) is 17.6 Å². The van der Waals surface area contributed by atoms with Gasteiger partial charge in [0.15, 0.2) is 0 Å². The van der Waals surface area contributed by atoms with Crippen LogP contribution in [0.4, 0.5) is 0 Å². The van der Waals surface area contributed by atoms with Crippen LogP contribution in [-0.2, 0) is 10.0 Å². The number of carbonyl (C=O) groups is 1. The van der Waals surface area contributed by atoms with Crippen LogP contribution in [-0.4, -0.2) is 25.0 Å². The van der Waals surface area contributed by atoms with Gasteiger partial charge in [0.2, 0.25) is 15.8 Å². The van der Waals surface area contributed by atoms with Crippen molar-refractivity contribution in [2.24, 2.45) is 0 Å². The Morgan fingerprint density at radius 3 is 2.47 bits per heavy atom. The SMILES string of the molecule is Cc1oc(C(=O)O)cc1S(=O)(=O)NC1(C)CCCC1. The van der Waals surface area contributed by atoms with Crippen molar-refractivity contribution in [3.8, 4) is 0 Å². The van der Waals surface area contributed by atoms with Crippen molar-refractivity contribution >= 4 is 16.0 Å². The van der Waals surface area contributed by atoms with E-state index in [9.17, 15) is 13.2 Å². The average Bonchev–Trinajstić information content (AvgIpc) is 2.84. The fourth-order valence-corrected chi connectivity index (χ4v) is 4.12. The van der Waals surface area contributed by atoms with Gasteiger partial charge in [0.05, 0.1) is 0 Å². The van der Waals surface area contributed by atoms with Crippen LogP contribution in [0.5, 0.6) is 0 Å². The van der Waals surface area contributed by atoms with Gasteiger partial charge >= 0.3 is 5.97 Å². The predicted molar refractivity (Wildman–Crippen MR) is 67.6 cm³/mol. The van der Waals surface area contributed by atoms with Gasteiger partial charge in [-0.25, -0.2) is 17.9 Å². The van der Waals surface area contributed by atoms with Gasteiger partial charge in [-0.05, 0) is 26.7 Å². The number of sulfonamides is 1. The summed E-state index contributed by atoms with van der Waals surface area (Å²) in [7, 11) is -3.75. The number of aryl methyl sites for hydroxylation is 1. The van der Waals surface area contributed by atoms with E-state index in [2.05, 4.69) is 4.72 Å². The van der Waals surface area contributed by atoms with Crippen LogP contribution < -0.4 is 4.72 Å². The van der Waals surface area contributed by atoms with Gasteiger partial charge in [0.1, 0.15) is 10.7 Å². The zero-order valence-corrected chi connectivity index (χ0v) is 11.7. The van der Waals surface area contributed by atoms with E-state index in [1.807, 2.05) is 6.92 Å². The van der Waals surface area contributed by atoms with Crippen LogP contribution in [0.15, 0.2) is 15.4 Å². The van der Waals surface area contributed by atoms with Gasteiger partial charge in [-0.3, -0.25) is 0 Å². The van der Waals surface area contributed by atoms with Crippen molar-refractivity contribution in [2.75, 3.05) is 0 Å². The number of hydrogen-bond donors (Lipinski definition) is 2. The molecule has 106 valence electrons. The van der Waals surface area contributed by atoms with Gasteiger partial charge in [-0.2, -0.15) is 0 Å². The number of carboxylic acids is 1. The first-order valence-electron chi connectivity index (χ1n) is 6.11. The molecule has 0 amide bonds. The van der Waals surface area contributed by atoms with Crippen LogP contribution in [0.3, 0.4) is 0 Å². The van der Waals surface area contributed by atoms with E-state index in [1.165, 1.54) is 6.92 Å². The Balaban J connectivity index is 2.31. The standard InChI is InChI=1S/C12H17NO5S/c1-8-10(7-9(18-8)11(14)15)19(16,17)13-12(2)5-3-4-6-12/h7,13H,3-6H2,1-2H3,(H,14,15). The maximum absolute atomic E-state index is 12.3. The molecule has 0 spiro atoms. The molecule has 1 saturated carbocycles. The highest BCUT2D eigenvalue weighted by Gasteiger charge is 2.35. The molecule has 0 aliphatic heterocycles. The van der Waals surface area contributed by atoms with Gasteiger partial charge in [0, 0.05) is 11.6 Å². The molecule has 7 heteroatoms. The average molecular weight is 287 g/mol. The van der Waals surface area contributed by atoms with E-state index in [-0.39, 0.29) is 16.4 Å². The first-order chi connectivity index (χ1) is 8.73. The van der Waals surface area contributed by atoms with Crippen LogP contribution in [0, 0.1) is 6.92 Å². The fourth-order valence-electron chi connectivity index (χ4n) is 2.47. The summed E-state index contributed by atoms with van der Waals surface area (Å²) in [5.41, 5.74) is -0.452. The van der Waals surface area contributed by atoms with E-state index in [1.54, 1.807) is 0 Å². The monoisotopic (exact) mass is 287 g/mol. The first-order valence-corrected chi connectivity index (χ1v) is 7.60. The molecule has 0 atom stereocenters. The molecular formula is C12H17NO5S. The Hall–Kier alpha value is -1.34. The predicted octanol–water partition coefficient (Wildman–Crippen LogP) is 1.90. The zero-order chi connectivity index (χ0) is 14.3. The molecule has 1 fully saturated rings. The zero-order valence-electron chi connectivity index (χ0n) is 10.9. The van der Waals surface area contributed by atoms with Crippen molar-refractivity contribution in [3.63, 3.8) is 0 Å². The van der Waals surface area contributed by atoms with Crippen molar-refractivity contribution < 1.29 is 22.7 Å². The van der Waals surface area contributed by atoms with Gasteiger partial charge in [0.25, 0.3) is 0 Å². The molecule has 19 heavy (non-hydrogen) atoms. The first kappa shape index (κ1) is 14.1. The lowest BCUT2D eigenvalue weighted by molar-refractivity contribution is 0.0661. The van der Waals surface area contributed by atoms with E-state index in [0.29, 0.717) is 0 Å². The molecule has 1 aliphatic rings. The van der Waals surface area contributed by atoms with Crippen LogP contribution in [0.25, 0.3) is 0 Å². The molecule has 0 radical (unpaired) electrons. The summed E-state index contributed by atoms with van der Waals surface area (Å²) < 4.78 is 32.2. The molecule has 1 aromatic rings. The summed E-state index contributed by atoms with van der Waals surface area (Å²) in [6, 6.07) is 1.05. The molecule has 1 heterocycles. The number of furan rings is 1. The van der Waals surface area contributed by atoms with E-state index >= 15 is 0 Å². The van der Waals surface area contributed by atoms with Crippen molar-refractivity contribution in [1.82, 2.24) is 4.72 Å². The van der Waals surface area contributed by atoms with Crippen LogP contribution >= 0.6 is 0 Å². The molecule has 0 aromatic carbocycles. The minimum atomic E-state index is -3.75. The molecule has 0 bridgehead atoms. The highest BCUT2D eigenvalue weighted by Crippen LogP contribution is 2.31. The Bertz CT molecular complexity index is 596. The second-order valence-corrected chi connectivity index (χ2v) is 6.86. The number of carboxylic acid groups (broad SMARTS) is 1. The minimum absolute atomic E-state index is 0.0893. The Morgan fingerprint density at radius 1 is 1.42 bits per heavy atom. The molecule has 6 nitrogen and oxygen atoms in total. The molecule has 1 aliphatic carbocycles. The largest absolute Gasteiger partial charge is 0.475 e. The molecular weight excluding hydrogens is 270 g/mol. The maximum atomic E-state index is 12.3. The maximum Gasteiger partial charge on any atom is 0.371 e. The summed E-state index contributed by atoms with van der Waals surface area (Å²) in [6.07, 6.45) is 3.55. The number of aromatic carboxylic acids is 1. The van der Waals surface area contributed by atoms with Gasteiger partial charge in [-0.15, -0.1) is 0 Å². The second-order valence-electron chi connectivity index (χ2n) is 5.21. The Kier molecular flexibility index (Phi) is 3.44. The summed E-state index contributed by atoms with van der Waals surface area (Å²) >= 11 is 0. The normalized spacial score (nSPS) is 18.6. The smallest absolute Gasteiger partial charge is 0.371 e. The van der Waals surface area contributed by atoms with Crippen LogP contribution in [0.2, 0.25) is 0 Å². The summed E-state index contributed by atoms with van der Waals surface area (Å²) in [4.78, 5) is 10.7. The second kappa shape index (κ2) is 4.64. The lowest BCUT2D eigenvalue weighted by atomic mass is 10.0. The summed E-state index contributed by atoms with van der Waals surface area (Å²) in [5, 5.41) is 8.81. The minimum Gasteiger partial charge on any atom is -0.475 e. The molecule has 2 N–H and O–H groups in total. The highest BCUT2D eigenvalue weighted by atomic mass is 32.2. The third-order valence-corrected chi connectivity index (χ3v) is 5.21. The topological polar surface area (TPSA) is 96.6 Å². The Morgan fingerprint density at radius 2 is 2.00 bits per heavy atom. The number of nitrogens with one attached hydrogen (secondary N) is 1. The number of hydrogen-bond acceptors (Lipinski definition) is 4. The van der Waals surface area contributed by atoms with Crippen LogP contribution in [0.1, 0.15) is 48.9 Å².